The van der Waals surface area contributed by atoms with Crippen molar-refractivity contribution in [2.24, 2.45) is 0 Å². The van der Waals surface area contributed by atoms with Crippen molar-refractivity contribution < 1.29 is 4.79 Å². The number of hydrogen-bond donors (Lipinski definition) is 1. The highest BCUT2D eigenvalue weighted by atomic mass is 16.1. The third kappa shape index (κ3) is 1.59. The van der Waals surface area contributed by atoms with Crippen molar-refractivity contribution in [3.8, 4) is 0 Å². The van der Waals surface area contributed by atoms with E-state index in [2.05, 4.69) is 20.6 Å². The van der Waals surface area contributed by atoms with Crippen molar-refractivity contribution in [1.82, 2.24) is 19.8 Å². The van der Waals surface area contributed by atoms with Crippen LogP contribution in [0.5, 0.6) is 0 Å². The van der Waals surface area contributed by atoms with Gasteiger partial charge in [-0.15, -0.1) is 10.2 Å². The monoisotopic (exact) mass is 227 g/mol. The highest BCUT2D eigenvalue weighted by Gasteiger charge is 2.04. The van der Waals surface area contributed by atoms with Crippen LogP contribution in [0.4, 0.5) is 5.69 Å². The SMILES string of the molecule is CC(=O)Nc1ccc2c(c1)nnc1ccnn12. The van der Waals surface area contributed by atoms with Crippen molar-refractivity contribution in [2.45, 2.75) is 6.92 Å². The molecule has 6 nitrogen and oxygen atoms in total. The maximum atomic E-state index is 11.0. The minimum atomic E-state index is -0.113. The number of anilines is 1. The van der Waals surface area contributed by atoms with Gasteiger partial charge in [-0.2, -0.15) is 5.10 Å². The van der Waals surface area contributed by atoms with Crippen molar-refractivity contribution in [3.63, 3.8) is 0 Å². The number of nitrogens with zero attached hydrogens (tertiary/aromatic N) is 4. The molecule has 1 N–H and O–H groups in total. The van der Waals surface area contributed by atoms with E-state index in [0.717, 1.165) is 5.52 Å². The molecule has 17 heavy (non-hydrogen) atoms. The van der Waals surface area contributed by atoms with Gasteiger partial charge in [0.1, 0.15) is 5.52 Å². The van der Waals surface area contributed by atoms with Crippen molar-refractivity contribution in [2.75, 3.05) is 5.32 Å². The molecule has 0 spiro atoms. The average Bonchev–Trinajstić information content (AvgIpc) is 2.76. The summed E-state index contributed by atoms with van der Waals surface area (Å²) in [6.07, 6.45) is 1.67. The van der Waals surface area contributed by atoms with Crippen LogP contribution in [0, 0.1) is 0 Å². The molecule has 1 amide bonds. The van der Waals surface area contributed by atoms with Crippen molar-refractivity contribution in [1.29, 1.82) is 0 Å². The first-order valence-electron chi connectivity index (χ1n) is 5.12. The molecule has 1 aromatic carbocycles. The summed E-state index contributed by atoms with van der Waals surface area (Å²) in [7, 11) is 0. The second-order valence-electron chi connectivity index (χ2n) is 3.69. The Hall–Kier alpha value is -2.50. The number of hydrogen-bond acceptors (Lipinski definition) is 4. The van der Waals surface area contributed by atoms with E-state index in [1.54, 1.807) is 22.8 Å². The van der Waals surface area contributed by atoms with Crippen LogP contribution in [0.25, 0.3) is 16.7 Å². The fraction of sp³-hybridized carbons (Fsp3) is 0.0909. The zero-order valence-electron chi connectivity index (χ0n) is 9.08. The van der Waals surface area contributed by atoms with E-state index in [0.29, 0.717) is 16.9 Å². The van der Waals surface area contributed by atoms with Gasteiger partial charge >= 0.3 is 0 Å². The van der Waals surface area contributed by atoms with Crippen LogP contribution in [0.3, 0.4) is 0 Å². The number of nitrogens with one attached hydrogen (secondary N) is 1. The normalized spacial score (nSPS) is 10.9. The first kappa shape index (κ1) is 9.71. The number of aromatic nitrogens is 4. The summed E-state index contributed by atoms with van der Waals surface area (Å²) in [5.41, 5.74) is 2.94. The standard InChI is InChI=1S/C11H9N5O/c1-7(17)13-8-2-3-10-9(6-8)14-15-11-4-5-12-16(10)11/h2-6H,1H3,(H,13,17). The Balaban J connectivity index is 2.23. The van der Waals surface area contributed by atoms with E-state index in [1.807, 2.05) is 12.1 Å². The molecule has 0 unspecified atom stereocenters. The second kappa shape index (κ2) is 3.51. The Morgan fingerprint density at radius 2 is 2.18 bits per heavy atom. The smallest absolute Gasteiger partial charge is 0.221 e. The van der Waals surface area contributed by atoms with Gasteiger partial charge in [0, 0.05) is 18.7 Å². The summed E-state index contributed by atoms with van der Waals surface area (Å²) in [4.78, 5) is 11.0. The topological polar surface area (TPSA) is 72.2 Å². The predicted molar refractivity (Wildman–Crippen MR) is 62.6 cm³/mol. The minimum Gasteiger partial charge on any atom is -0.326 e. The molecule has 0 atom stereocenters. The zero-order chi connectivity index (χ0) is 11.8. The van der Waals surface area contributed by atoms with Crippen LogP contribution >= 0.6 is 0 Å². The highest BCUT2D eigenvalue weighted by molar-refractivity contribution is 5.91. The Bertz CT molecular complexity index is 718. The molecule has 6 heteroatoms. The highest BCUT2D eigenvalue weighted by Crippen LogP contribution is 2.17. The van der Waals surface area contributed by atoms with Crippen LogP contribution < -0.4 is 5.32 Å². The average molecular weight is 227 g/mol. The van der Waals surface area contributed by atoms with Gasteiger partial charge in [-0.1, -0.05) is 0 Å². The van der Waals surface area contributed by atoms with E-state index in [4.69, 9.17) is 0 Å². The lowest BCUT2D eigenvalue weighted by molar-refractivity contribution is -0.114. The second-order valence-corrected chi connectivity index (χ2v) is 3.69. The predicted octanol–water partition coefficient (Wildman–Crippen LogP) is 1.24. The Labute approximate surface area is 96.3 Å². The first-order chi connectivity index (χ1) is 8.24. The number of benzene rings is 1. The van der Waals surface area contributed by atoms with Gasteiger partial charge in [-0.3, -0.25) is 4.79 Å². The summed E-state index contributed by atoms with van der Waals surface area (Å²) in [5, 5.41) is 15.0. The number of carbonyl (C=O) groups excluding carboxylic acids is 1. The van der Waals surface area contributed by atoms with Gasteiger partial charge in [0.15, 0.2) is 5.65 Å². The van der Waals surface area contributed by atoms with E-state index < -0.39 is 0 Å². The van der Waals surface area contributed by atoms with E-state index in [9.17, 15) is 4.79 Å². The van der Waals surface area contributed by atoms with Gasteiger partial charge < -0.3 is 5.32 Å². The van der Waals surface area contributed by atoms with Crippen LogP contribution in [0.15, 0.2) is 30.5 Å². The van der Waals surface area contributed by atoms with Crippen molar-refractivity contribution in [3.05, 3.63) is 30.5 Å². The van der Waals surface area contributed by atoms with Gasteiger partial charge in [-0.25, -0.2) is 4.52 Å². The lowest BCUT2D eigenvalue weighted by atomic mass is 10.2. The van der Waals surface area contributed by atoms with E-state index >= 15 is 0 Å². The zero-order valence-corrected chi connectivity index (χ0v) is 9.08. The van der Waals surface area contributed by atoms with Gasteiger partial charge in [0.05, 0.1) is 11.7 Å². The molecular formula is C11H9N5O. The maximum absolute atomic E-state index is 11.0. The minimum absolute atomic E-state index is 0.113. The molecule has 0 radical (unpaired) electrons. The number of amides is 1. The lowest BCUT2D eigenvalue weighted by Gasteiger charge is -2.04. The molecule has 0 fully saturated rings. The van der Waals surface area contributed by atoms with Gasteiger partial charge in [0.2, 0.25) is 5.91 Å². The largest absolute Gasteiger partial charge is 0.326 e. The number of fused-ring (bicyclic) bond motifs is 3. The van der Waals surface area contributed by atoms with E-state index in [1.165, 1.54) is 6.92 Å². The molecule has 0 bridgehead atoms. The maximum Gasteiger partial charge on any atom is 0.221 e. The van der Waals surface area contributed by atoms with Gasteiger partial charge in [0.25, 0.3) is 0 Å². The third-order valence-electron chi connectivity index (χ3n) is 2.41. The van der Waals surface area contributed by atoms with Gasteiger partial charge in [-0.05, 0) is 18.2 Å². The quantitative estimate of drug-likeness (QED) is 0.678. The summed E-state index contributed by atoms with van der Waals surface area (Å²) < 4.78 is 1.71. The molecule has 84 valence electrons. The molecule has 0 aliphatic carbocycles. The fourth-order valence-corrected chi connectivity index (χ4v) is 1.73. The molecule has 0 saturated heterocycles. The Kier molecular flexibility index (Phi) is 2.01. The van der Waals surface area contributed by atoms with E-state index in [-0.39, 0.29) is 5.91 Å². The molecule has 0 aliphatic heterocycles. The van der Waals surface area contributed by atoms with Crippen LogP contribution in [0.2, 0.25) is 0 Å². The fourth-order valence-electron chi connectivity index (χ4n) is 1.73. The summed E-state index contributed by atoms with van der Waals surface area (Å²) in [6.45, 7) is 1.46. The number of rotatable bonds is 1. The Morgan fingerprint density at radius 1 is 1.29 bits per heavy atom. The molecule has 3 rings (SSSR count). The lowest BCUT2D eigenvalue weighted by Crippen LogP contribution is -2.06. The molecule has 3 aromatic rings. The van der Waals surface area contributed by atoms with Crippen LogP contribution in [-0.4, -0.2) is 25.7 Å². The number of carbonyl (C=O) groups is 1. The van der Waals surface area contributed by atoms with Crippen LogP contribution in [0.1, 0.15) is 6.92 Å². The Morgan fingerprint density at radius 3 is 3.00 bits per heavy atom. The molecular weight excluding hydrogens is 218 g/mol. The molecule has 2 heterocycles. The molecule has 0 aliphatic rings. The first-order valence-corrected chi connectivity index (χ1v) is 5.12. The molecule has 2 aromatic heterocycles. The summed E-state index contributed by atoms with van der Waals surface area (Å²) in [6, 6.07) is 7.22. The summed E-state index contributed by atoms with van der Waals surface area (Å²) in [5.74, 6) is -0.113. The van der Waals surface area contributed by atoms with Crippen molar-refractivity contribution >= 4 is 28.3 Å². The van der Waals surface area contributed by atoms with Crippen LogP contribution in [-0.2, 0) is 4.79 Å². The summed E-state index contributed by atoms with van der Waals surface area (Å²) >= 11 is 0. The third-order valence-corrected chi connectivity index (χ3v) is 2.41. The molecule has 0 saturated carbocycles.